The second-order valence-corrected chi connectivity index (χ2v) is 6.63. The molecular formula is C18H26ClN3O2. The van der Waals surface area contributed by atoms with Crippen LogP contribution in [0.1, 0.15) is 26.2 Å². The molecule has 2 amide bonds. The second kappa shape index (κ2) is 8.92. The first kappa shape index (κ1) is 18.6. The Morgan fingerprint density at radius 3 is 2.54 bits per heavy atom. The maximum Gasteiger partial charge on any atom is 0.232 e. The summed E-state index contributed by atoms with van der Waals surface area (Å²) in [4.78, 5) is 30.1. The molecule has 1 saturated heterocycles. The maximum atomic E-state index is 12.3. The van der Waals surface area contributed by atoms with Gasteiger partial charge in [0.15, 0.2) is 0 Å². The molecule has 1 aromatic carbocycles. The van der Waals surface area contributed by atoms with Crippen LogP contribution in [0.2, 0.25) is 5.02 Å². The highest BCUT2D eigenvalue weighted by molar-refractivity contribution is 6.30. The minimum absolute atomic E-state index is 0.0304. The fraction of sp³-hybridized carbons (Fsp3) is 0.556. The van der Waals surface area contributed by atoms with Crippen molar-refractivity contribution >= 4 is 29.1 Å². The monoisotopic (exact) mass is 351 g/mol. The Hall–Kier alpha value is -1.75. The summed E-state index contributed by atoms with van der Waals surface area (Å²) in [6.07, 6.45) is 1.98. The highest BCUT2D eigenvalue weighted by atomic mass is 35.5. The fourth-order valence-corrected chi connectivity index (χ4v) is 2.97. The largest absolute Gasteiger partial charge is 0.368 e. The molecule has 0 N–H and O–H groups in total. The van der Waals surface area contributed by atoms with Gasteiger partial charge in [-0.3, -0.25) is 9.59 Å². The molecule has 1 aliphatic heterocycles. The number of anilines is 1. The van der Waals surface area contributed by atoms with Crippen LogP contribution in [0.4, 0.5) is 5.69 Å². The van der Waals surface area contributed by atoms with E-state index in [0.717, 1.165) is 31.6 Å². The third-order valence-electron chi connectivity index (χ3n) is 4.38. The van der Waals surface area contributed by atoms with Crippen LogP contribution in [0.15, 0.2) is 24.3 Å². The normalized spacial score (nSPS) is 14.6. The first-order valence-corrected chi connectivity index (χ1v) is 8.91. The van der Waals surface area contributed by atoms with Gasteiger partial charge in [-0.15, -0.1) is 0 Å². The molecule has 132 valence electrons. The Balaban J connectivity index is 1.81. The van der Waals surface area contributed by atoms with E-state index < -0.39 is 0 Å². The number of hydrogen-bond donors (Lipinski definition) is 0. The molecule has 5 nitrogen and oxygen atoms in total. The van der Waals surface area contributed by atoms with E-state index in [0.29, 0.717) is 24.7 Å². The van der Waals surface area contributed by atoms with Crippen molar-refractivity contribution < 1.29 is 9.59 Å². The molecule has 0 aromatic heterocycles. The third kappa shape index (κ3) is 5.13. The Morgan fingerprint density at radius 2 is 1.92 bits per heavy atom. The predicted molar refractivity (Wildman–Crippen MR) is 97.4 cm³/mol. The van der Waals surface area contributed by atoms with Crippen molar-refractivity contribution in [1.29, 1.82) is 0 Å². The quantitative estimate of drug-likeness (QED) is 0.740. The second-order valence-electron chi connectivity index (χ2n) is 6.19. The van der Waals surface area contributed by atoms with Gasteiger partial charge in [0.2, 0.25) is 11.8 Å². The minimum atomic E-state index is -0.0919. The van der Waals surface area contributed by atoms with Gasteiger partial charge in [0.05, 0.1) is 0 Å². The average molecular weight is 352 g/mol. The molecule has 24 heavy (non-hydrogen) atoms. The van der Waals surface area contributed by atoms with Gasteiger partial charge in [0, 0.05) is 50.5 Å². The zero-order valence-corrected chi connectivity index (χ0v) is 15.3. The lowest BCUT2D eigenvalue weighted by Gasteiger charge is -2.36. The van der Waals surface area contributed by atoms with Gasteiger partial charge in [-0.25, -0.2) is 0 Å². The molecule has 1 fully saturated rings. The lowest BCUT2D eigenvalue weighted by atomic mass is 10.2. The standard InChI is InChI=1S/C18H26ClN3O2/c1-3-4-8-20(2)17(23)14-18(24)22-11-9-21(10-12-22)16-7-5-6-15(19)13-16/h5-7,13H,3-4,8-12,14H2,1-2H3. The lowest BCUT2D eigenvalue weighted by Crippen LogP contribution is -2.49. The van der Waals surface area contributed by atoms with Gasteiger partial charge in [-0.1, -0.05) is 31.0 Å². The third-order valence-corrected chi connectivity index (χ3v) is 4.62. The van der Waals surface area contributed by atoms with Gasteiger partial charge in [0.25, 0.3) is 0 Å². The van der Waals surface area contributed by atoms with Crippen molar-refractivity contribution in [2.24, 2.45) is 0 Å². The summed E-state index contributed by atoms with van der Waals surface area (Å²) < 4.78 is 0. The summed E-state index contributed by atoms with van der Waals surface area (Å²) >= 11 is 6.03. The summed E-state index contributed by atoms with van der Waals surface area (Å²) in [5.41, 5.74) is 1.07. The number of halogens is 1. The van der Waals surface area contributed by atoms with Gasteiger partial charge in [-0.2, -0.15) is 0 Å². The number of amides is 2. The summed E-state index contributed by atoms with van der Waals surface area (Å²) in [7, 11) is 1.77. The number of hydrogen-bond acceptors (Lipinski definition) is 3. The van der Waals surface area contributed by atoms with Crippen molar-refractivity contribution in [3.8, 4) is 0 Å². The lowest BCUT2D eigenvalue weighted by molar-refractivity contribution is -0.140. The minimum Gasteiger partial charge on any atom is -0.368 e. The smallest absolute Gasteiger partial charge is 0.232 e. The van der Waals surface area contributed by atoms with Gasteiger partial charge >= 0.3 is 0 Å². The number of piperazine rings is 1. The number of carbonyl (C=O) groups is 2. The first-order chi connectivity index (χ1) is 11.5. The van der Waals surface area contributed by atoms with Crippen LogP contribution in [0.3, 0.4) is 0 Å². The topological polar surface area (TPSA) is 43.9 Å². The summed E-state index contributed by atoms with van der Waals surface area (Å²) in [6, 6.07) is 7.74. The number of nitrogens with zero attached hydrogens (tertiary/aromatic N) is 3. The molecule has 0 aliphatic carbocycles. The average Bonchev–Trinajstić information content (AvgIpc) is 2.59. The van der Waals surface area contributed by atoms with E-state index in [1.165, 1.54) is 0 Å². The fourth-order valence-electron chi connectivity index (χ4n) is 2.78. The zero-order valence-electron chi connectivity index (χ0n) is 14.5. The number of carbonyl (C=O) groups excluding carboxylic acids is 2. The molecule has 0 bridgehead atoms. The maximum absolute atomic E-state index is 12.3. The summed E-state index contributed by atoms with van der Waals surface area (Å²) in [5.74, 6) is -0.167. The molecule has 6 heteroatoms. The predicted octanol–water partition coefficient (Wildman–Crippen LogP) is 2.64. The van der Waals surface area contributed by atoms with Crippen molar-refractivity contribution in [2.75, 3.05) is 44.7 Å². The Kier molecular flexibility index (Phi) is 6.91. The number of benzene rings is 1. The Bertz CT molecular complexity index is 571. The van der Waals surface area contributed by atoms with Crippen molar-refractivity contribution in [3.05, 3.63) is 29.3 Å². The molecule has 1 heterocycles. The van der Waals surface area contributed by atoms with E-state index in [2.05, 4.69) is 11.8 Å². The highest BCUT2D eigenvalue weighted by Crippen LogP contribution is 2.21. The number of rotatable bonds is 6. The molecular weight excluding hydrogens is 326 g/mol. The molecule has 0 unspecified atom stereocenters. The molecule has 0 spiro atoms. The van der Waals surface area contributed by atoms with E-state index in [1.807, 2.05) is 24.3 Å². The molecule has 1 aromatic rings. The number of unbranched alkanes of at least 4 members (excludes halogenated alkanes) is 1. The van der Waals surface area contributed by atoms with E-state index in [-0.39, 0.29) is 18.2 Å². The molecule has 2 rings (SSSR count). The molecule has 0 atom stereocenters. The molecule has 0 saturated carbocycles. The van der Waals surface area contributed by atoms with Crippen LogP contribution in [-0.2, 0) is 9.59 Å². The Morgan fingerprint density at radius 1 is 1.21 bits per heavy atom. The highest BCUT2D eigenvalue weighted by Gasteiger charge is 2.24. The van der Waals surface area contributed by atoms with E-state index in [4.69, 9.17) is 11.6 Å². The van der Waals surface area contributed by atoms with E-state index in [1.54, 1.807) is 16.8 Å². The van der Waals surface area contributed by atoms with Crippen LogP contribution in [-0.4, -0.2) is 61.4 Å². The van der Waals surface area contributed by atoms with Gasteiger partial charge < -0.3 is 14.7 Å². The van der Waals surface area contributed by atoms with E-state index >= 15 is 0 Å². The van der Waals surface area contributed by atoms with Crippen LogP contribution in [0.5, 0.6) is 0 Å². The van der Waals surface area contributed by atoms with Gasteiger partial charge in [0.1, 0.15) is 6.42 Å². The zero-order chi connectivity index (χ0) is 17.5. The van der Waals surface area contributed by atoms with Crippen molar-refractivity contribution in [2.45, 2.75) is 26.2 Å². The van der Waals surface area contributed by atoms with Crippen molar-refractivity contribution in [3.63, 3.8) is 0 Å². The van der Waals surface area contributed by atoms with Gasteiger partial charge in [-0.05, 0) is 24.6 Å². The van der Waals surface area contributed by atoms with Crippen LogP contribution < -0.4 is 4.90 Å². The SMILES string of the molecule is CCCCN(C)C(=O)CC(=O)N1CCN(c2cccc(Cl)c2)CC1. The van der Waals surface area contributed by atoms with Crippen LogP contribution in [0.25, 0.3) is 0 Å². The van der Waals surface area contributed by atoms with Crippen LogP contribution >= 0.6 is 11.6 Å². The van der Waals surface area contributed by atoms with E-state index in [9.17, 15) is 9.59 Å². The Labute approximate surface area is 149 Å². The summed E-state index contributed by atoms with van der Waals surface area (Å²) in [5, 5.41) is 0.715. The molecule has 0 radical (unpaired) electrons. The summed E-state index contributed by atoms with van der Waals surface area (Å²) in [6.45, 7) is 5.58. The van der Waals surface area contributed by atoms with Crippen molar-refractivity contribution in [1.82, 2.24) is 9.80 Å². The first-order valence-electron chi connectivity index (χ1n) is 8.53. The van der Waals surface area contributed by atoms with Crippen LogP contribution in [0, 0.1) is 0 Å². The molecule has 1 aliphatic rings.